The Bertz CT molecular complexity index is 1430. The number of carboxylic acid groups (broad SMARTS) is 1. The number of amides is 2. The van der Waals surface area contributed by atoms with Gasteiger partial charge in [0.2, 0.25) is 0 Å². The molecule has 2 atom stereocenters. The van der Waals surface area contributed by atoms with Crippen molar-refractivity contribution in [3.63, 3.8) is 0 Å². The number of fused-ring (bicyclic) bond motifs is 1. The number of methoxy groups -OCH3 is 1. The number of hydrogen-bond donors (Lipinski definition) is 1. The fourth-order valence-corrected chi connectivity index (χ4v) is 5.75. The summed E-state index contributed by atoms with van der Waals surface area (Å²) in [6.45, 7) is 5.23. The van der Waals surface area contributed by atoms with Crippen LogP contribution in [0.25, 0.3) is 0 Å². The highest BCUT2D eigenvalue weighted by Gasteiger charge is 2.33. The van der Waals surface area contributed by atoms with Gasteiger partial charge in [-0.2, -0.15) is 0 Å². The number of ether oxygens (including phenoxy) is 5. The molecule has 5 rings (SSSR count). The van der Waals surface area contributed by atoms with Crippen molar-refractivity contribution in [3.8, 4) is 17.2 Å². The molecule has 10 nitrogen and oxygen atoms in total. The second-order valence-corrected chi connectivity index (χ2v) is 11.4. The maximum absolute atomic E-state index is 12.6. The molecule has 240 valence electrons. The number of carbonyl (C=O) groups excluding carboxylic acids is 1. The molecular weight excluding hydrogens is 576 g/mol. The lowest BCUT2D eigenvalue weighted by Gasteiger charge is -2.37. The van der Waals surface area contributed by atoms with Crippen molar-refractivity contribution in [3.05, 3.63) is 83.4 Å². The Labute approximate surface area is 264 Å². The van der Waals surface area contributed by atoms with Crippen molar-refractivity contribution in [2.75, 3.05) is 58.1 Å². The maximum atomic E-state index is 12.6. The third kappa shape index (κ3) is 8.67. The second kappa shape index (κ2) is 15.6. The van der Waals surface area contributed by atoms with Crippen LogP contribution in [0.5, 0.6) is 17.2 Å². The Morgan fingerprint density at radius 2 is 1.78 bits per heavy atom. The summed E-state index contributed by atoms with van der Waals surface area (Å²) in [6.07, 6.45) is 0.824. The summed E-state index contributed by atoms with van der Waals surface area (Å²) in [5.74, 6) is 2.22. The standard InChI is InChI=1S/C35H42N2O8/c1-25-6-3-7-29(20-25)43-19-5-18-42-28-11-9-27(10-12-28)30-14-16-36(35(39)40)22-33(30)44-23-26-8-13-32-31(21-26)37(15-4-17-41-2)34(38)24-45-32/h3,6-13,20-21,30,33H,4-5,14-19,22-24H2,1-2H3,(H,39,40). The minimum Gasteiger partial charge on any atom is -0.493 e. The Morgan fingerprint density at radius 1 is 0.978 bits per heavy atom. The lowest BCUT2D eigenvalue weighted by atomic mass is 9.87. The van der Waals surface area contributed by atoms with E-state index in [0.29, 0.717) is 57.2 Å². The van der Waals surface area contributed by atoms with Crippen LogP contribution in [0.2, 0.25) is 0 Å². The fraction of sp³-hybridized carbons (Fsp3) is 0.429. The number of carbonyl (C=O) groups is 2. The zero-order chi connectivity index (χ0) is 31.6. The van der Waals surface area contributed by atoms with Gasteiger partial charge in [-0.05, 0) is 72.9 Å². The van der Waals surface area contributed by atoms with Gasteiger partial charge in [0.05, 0.1) is 38.2 Å². The number of hydrogen-bond acceptors (Lipinski definition) is 7. The molecule has 2 heterocycles. The first-order valence-corrected chi connectivity index (χ1v) is 15.5. The molecule has 2 aliphatic heterocycles. The molecule has 0 spiro atoms. The van der Waals surface area contributed by atoms with Crippen molar-refractivity contribution < 1.29 is 38.4 Å². The molecule has 1 N–H and O–H groups in total. The van der Waals surface area contributed by atoms with Crippen molar-refractivity contribution in [1.82, 2.24) is 4.90 Å². The summed E-state index contributed by atoms with van der Waals surface area (Å²) < 4.78 is 29.0. The van der Waals surface area contributed by atoms with Crippen LogP contribution in [0.4, 0.5) is 10.5 Å². The molecule has 1 fully saturated rings. The minimum absolute atomic E-state index is 0.0108. The second-order valence-electron chi connectivity index (χ2n) is 11.4. The van der Waals surface area contributed by atoms with Crippen LogP contribution in [0.3, 0.4) is 0 Å². The lowest BCUT2D eigenvalue weighted by molar-refractivity contribution is -0.121. The third-order valence-electron chi connectivity index (χ3n) is 8.11. The van der Waals surface area contributed by atoms with Crippen LogP contribution in [0.1, 0.15) is 41.9 Å². The highest BCUT2D eigenvalue weighted by Crippen LogP contribution is 2.35. The highest BCUT2D eigenvalue weighted by molar-refractivity contribution is 5.97. The largest absolute Gasteiger partial charge is 0.493 e. The van der Waals surface area contributed by atoms with Crippen LogP contribution in [-0.4, -0.2) is 81.3 Å². The molecule has 3 aromatic rings. The monoisotopic (exact) mass is 618 g/mol. The van der Waals surface area contributed by atoms with Crippen molar-refractivity contribution in [2.24, 2.45) is 0 Å². The number of nitrogens with zero attached hydrogens (tertiary/aromatic N) is 2. The summed E-state index contributed by atoms with van der Waals surface area (Å²) in [5.41, 5.74) is 3.84. The van der Waals surface area contributed by atoms with Crippen LogP contribution in [0.15, 0.2) is 66.7 Å². The van der Waals surface area contributed by atoms with Gasteiger partial charge in [0.1, 0.15) is 17.2 Å². The van der Waals surface area contributed by atoms with E-state index in [4.69, 9.17) is 23.7 Å². The van der Waals surface area contributed by atoms with E-state index < -0.39 is 6.09 Å². The summed E-state index contributed by atoms with van der Waals surface area (Å²) in [5, 5.41) is 9.69. The van der Waals surface area contributed by atoms with E-state index in [2.05, 4.69) is 0 Å². The quantitative estimate of drug-likeness (QED) is 0.231. The zero-order valence-electron chi connectivity index (χ0n) is 26.0. The first kappa shape index (κ1) is 32.1. The molecule has 0 aliphatic carbocycles. The van der Waals surface area contributed by atoms with E-state index in [9.17, 15) is 14.7 Å². The van der Waals surface area contributed by atoms with Gasteiger partial charge in [-0.15, -0.1) is 0 Å². The number of benzene rings is 3. The van der Waals surface area contributed by atoms with Crippen molar-refractivity contribution in [2.45, 2.75) is 44.8 Å². The van der Waals surface area contributed by atoms with Gasteiger partial charge in [-0.1, -0.05) is 30.3 Å². The SMILES string of the molecule is COCCCN1C(=O)COc2ccc(COC3CN(C(=O)O)CCC3c3ccc(OCCCOc4cccc(C)c4)cc3)cc21. The first-order chi connectivity index (χ1) is 21.9. The Kier molecular flexibility index (Phi) is 11.2. The van der Waals surface area contributed by atoms with Crippen molar-refractivity contribution >= 4 is 17.7 Å². The van der Waals surface area contributed by atoms with Gasteiger partial charge in [-0.25, -0.2) is 4.79 Å². The molecule has 2 unspecified atom stereocenters. The lowest BCUT2D eigenvalue weighted by Crippen LogP contribution is -2.46. The van der Waals surface area contributed by atoms with Gasteiger partial charge >= 0.3 is 6.09 Å². The van der Waals surface area contributed by atoms with E-state index in [0.717, 1.165) is 34.6 Å². The fourth-order valence-electron chi connectivity index (χ4n) is 5.75. The molecule has 2 amide bonds. The van der Waals surface area contributed by atoms with E-state index in [-0.39, 0.29) is 37.7 Å². The highest BCUT2D eigenvalue weighted by atomic mass is 16.5. The molecular formula is C35H42N2O8. The molecule has 10 heteroatoms. The Morgan fingerprint density at radius 3 is 2.53 bits per heavy atom. The average Bonchev–Trinajstić information content (AvgIpc) is 3.05. The predicted molar refractivity (Wildman–Crippen MR) is 170 cm³/mol. The molecule has 3 aromatic carbocycles. The first-order valence-electron chi connectivity index (χ1n) is 15.5. The van der Waals surface area contributed by atoms with Crippen LogP contribution in [-0.2, 0) is 20.9 Å². The summed E-state index contributed by atoms with van der Waals surface area (Å²) in [7, 11) is 1.64. The predicted octanol–water partition coefficient (Wildman–Crippen LogP) is 5.66. The van der Waals surface area contributed by atoms with E-state index in [1.165, 1.54) is 4.90 Å². The summed E-state index contributed by atoms with van der Waals surface area (Å²) >= 11 is 0. The topological polar surface area (TPSA) is 107 Å². The van der Waals surface area contributed by atoms with Gasteiger partial charge in [-0.3, -0.25) is 4.79 Å². The smallest absolute Gasteiger partial charge is 0.407 e. The summed E-state index contributed by atoms with van der Waals surface area (Å²) in [6, 6.07) is 21.7. The van der Waals surface area contributed by atoms with Gasteiger partial charge in [0.15, 0.2) is 6.61 Å². The van der Waals surface area contributed by atoms with E-state index in [1.807, 2.05) is 73.7 Å². The maximum Gasteiger partial charge on any atom is 0.407 e. The zero-order valence-corrected chi connectivity index (χ0v) is 26.0. The minimum atomic E-state index is -0.951. The molecule has 1 saturated heterocycles. The number of anilines is 1. The molecule has 2 aliphatic rings. The number of rotatable bonds is 14. The van der Waals surface area contributed by atoms with Crippen LogP contribution >= 0.6 is 0 Å². The van der Waals surface area contributed by atoms with E-state index >= 15 is 0 Å². The van der Waals surface area contributed by atoms with Crippen molar-refractivity contribution in [1.29, 1.82) is 0 Å². The van der Waals surface area contributed by atoms with E-state index in [1.54, 1.807) is 12.0 Å². The average molecular weight is 619 g/mol. The number of likely N-dealkylation sites (tertiary alicyclic amines) is 1. The summed E-state index contributed by atoms with van der Waals surface area (Å²) in [4.78, 5) is 27.6. The molecule has 45 heavy (non-hydrogen) atoms. The molecule has 0 bridgehead atoms. The molecule has 0 aromatic heterocycles. The third-order valence-corrected chi connectivity index (χ3v) is 8.11. The van der Waals surface area contributed by atoms with Crippen LogP contribution in [0, 0.1) is 6.92 Å². The number of piperidine rings is 1. The van der Waals surface area contributed by atoms with Gasteiger partial charge in [0.25, 0.3) is 5.91 Å². The van der Waals surface area contributed by atoms with Gasteiger partial charge in [0, 0.05) is 39.1 Å². The Hall–Kier alpha value is -4.28. The molecule has 0 saturated carbocycles. The number of aryl methyl sites for hydroxylation is 1. The normalized spacial score (nSPS) is 17.9. The van der Waals surface area contributed by atoms with Gasteiger partial charge < -0.3 is 38.6 Å². The van der Waals surface area contributed by atoms with Crippen LogP contribution < -0.4 is 19.1 Å². The molecule has 0 radical (unpaired) electrons. The Balaban J connectivity index is 1.19.